The third-order valence-electron chi connectivity index (χ3n) is 12.6. The number of hydrogen-bond donors (Lipinski definition) is 1. The number of pyridine rings is 2. The molecule has 4 fully saturated rings. The number of nitrogens with one attached hydrogen (secondary N) is 1. The number of benzene rings is 2. The predicted octanol–water partition coefficient (Wildman–Crippen LogP) is 9.20. The molecule has 0 amide bonds. The monoisotopic (exact) mass is 509 g/mol. The van der Waals surface area contributed by atoms with Gasteiger partial charge in [0, 0.05) is 38.9 Å². The Balaban J connectivity index is 1.16. The van der Waals surface area contributed by atoms with Crippen molar-refractivity contribution in [1.82, 2.24) is 15.0 Å². The Morgan fingerprint density at radius 2 is 1.10 bits per heavy atom. The molecule has 39 heavy (non-hydrogen) atoms. The van der Waals surface area contributed by atoms with Crippen molar-refractivity contribution in [2.45, 2.75) is 87.9 Å². The standard InChI is InChI=1S/C36H35N3/c1-3-27-28-4-2-22-16-30-24-9-19-6-20(10-24)14-26(13-19)32(30)38-34(22)36(28)39-35(27)33-21(1)15-29-23-7-17-5-18(8-23)12-25(11-17)31(29)37-33/h1-4,15-20,23-26,37H,5-14H2. The van der Waals surface area contributed by atoms with E-state index in [4.69, 9.17) is 9.97 Å². The van der Waals surface area contributed by atoms with Crippen LogP contribution in [0.15, 0.2) is 36.4 Å². The first kappa shape index (κ1) is 20.9. The van der Waals surface area contributed by atoms with Gasteiger partial charge in [-0.25, -0.2) is 9.97 Å². The van der Waals surface area contributed by atoms with Gasteiger partial charge in [-0.15, -0.1) is 0 Å². The molecule has 0 saturated heterocycles. The van der Waals surface area contributed by atoms with E-state index in [1.807, 2.05) is 0 Å². The number of fused-ring (bicyclic) bond motifs is 7. The van der Waals surface area contributed by atoms with Gasteiger partial charge in [0.15, 0.2) is 0 Å². The fourth-order valence-electron chi connectivity index (χ4n) is 11.3. The molecule has 3 heterocycles. The predicted molar refractivity (Wildman–Crippen MR) is 158 cm³/mol. The van der Waals surface area contributed by atoms with E-state index in [-0.39, 0.29) is 0 Å². The summed E-state index contributed by atoms with van der Waals surface area (Å²) >= 11 is 0. The Kier molecular flexibility index (Phi) is 3.77. The van der Waals surface area contributed by atoms with Crippen LogP contribution in [-0.4, -0.2) is 15.0 Å². The lowest BCUT2D eigenvalue weighted by atomic mass is 9.67. The van der Waals surface area contributed by atoms with E-state index >= 15 is 0 Å². The van der Waals surface area contributed by atoms with Gasteiger partial charge in [0.25, 0.3) is 0 Å². The van der Waals surface area contributed by atoms with Gasteiger partial charge in [0.2, 0.25) is 0 Å². The molecule has 13 rings (SSSR count). The number of nitrogens with zero attached hydrogens (tertiary/aromatic N) is 2. The number of aromatic nitrogens is 3. The number of H-pyrrole nitrogens is 1. The molecule has 4 atom stereocenters. The summed E-state index contributed by atoms with van der Waals surface area (Å²) < 4.78 is 0. The molecule has 4 saturated carbocycles. The van der Waals surface area contributed by atoms with Gasteiger partial charge in [-0.05, 0) is 129 Å². The summed E-state index contributed by atoms with van der Waals surface area (Å²) in [5, 5.41) is 5.19. The molecule has 3 heteroatoms. The molecule has 8 aliphatic carbocycles. The third kappa shape index (κ3) is 2.70. The zero-order valence-electron chi connectivity index (χ0n) is 22.5. The van der Waals surface area contributed by atoms with Gasteiger partial charge >= 0.3 is 0 Å². The zero-order valence-corrected chi connectivity index (χ0v) is 22.5. The van der Waals surface area contributed by atoms with Gasteiger partial charge in [-0.1, -0.05) is 24.3 Å². The van der Waals surface area contributed by atoms with Gasteiger partial charge in [0.05, 0.1) is 22.1 Å². The van der Waals surface area contributed by atoms with Crippen molar-refractivity contribution in [2.75, 3.05) is 0 Å². The first-order valence-electron chi connectivity index (χ1n) is 15.9. The van der Waals surface area contributed by atoms with Gasteiger partial charge in [-0.3, -0.25) is 0 Å². The summed E-state index contributed by atoms with van der Waals surface area (Å²) in [6.45, 7) is 0. The van der Waals surface area contributed by atoms with Crippen LogP contribution in [-0.2, 0) is 0 Å². The normalized spacial score (nSPS) is 35.7. The molecular formula is C36H35N3. The topological polar surface area (TPSA) is 41.6 Å². The molecule has 3 aromatic heterocycles. The van der Waals surface area contributed by atoms with Crippen molar-refractivity contribution in [3.05, 3.63) is 58.9 Å². The summed E-state index contributed by atoms with van der Waals surface area (Å²) in [5.41, 5.74) is 10.9. The van der Waals surface area contributed by atoms with E-state index < -0.39 is 0 Å². The number of hydrogen-bond acceptors (Lipinski definition) is 2. The summed E-state index contributed by atoms with van der Waals surface area (Å²) in [4.78, 5) is 15.1. The van der Waals surface area contributed by atoms with Crippen molar-refractivity contribution in [3.8, 4) is 0 Å². The molecular weight excluding hydrogens is 474 g/mol. The molecule has 1 N–H and O–H groups in total. The SMILES string of the molecule is c1cc2c3ccc4cc5c([nH]c4c3nc2c2nc3c(cc12)C1CC2CC(C1)CC3C2)C1CC2CC(CC5C2)C1. The lowest BCUT2D eigenvalue weighted by Gasteiger charge is -2.38. The quantitative estimate of drug-likeness (QED) is 0.226. The molecule has 2 aromatic carbocycles. The lowest BCUT2D eigenvalue weighted by molar-refractivity contribution is 0.165. The summed E-state index contributed by atoms with van der Waals surface area (Å²) in [6.07, 6.45) is 14.0. The Bertz CT molecular complexity index is 1730. The first-order chi connectivity index (χ1) is 19.2. The van der Waals surface area contributed by atoms with E-state index in [9.17, 15) is 0 Å². The van der Waals surface area contributed by atoms with Gasteiger partial charge in [-0.2, -0.15) is 0 Å². The third-order valence-corrected chi connectivity index (χ3v) is 12.6. The van der Waals surface area contributed by atoms with Gasteiger partial charge in [0.1, 0.15) is 0 Å². The zero-order chi connectivity index (χ0) is 25.0. The molecule has 0 spiro atoms. The second-order valence-corrected chi connectivity index (χ2v) is 14.8. The molecule has 5 aromatic rings. The molecule has 0 radical (unpaired) electrons. The highest BCUT2D eigenvalue weighted by molar-refractivity contribution is 6.20. The highest BCUT2D eigenvalue weighted by atomic mass is 14.8. The van der Waals surface area contributed by atoms with Crippen LogP contribution >= 0.6 is 0 Å². The molecule has 3 nitrogen and oxygen atoms in total. The van der Waals surface area contributed by atoms with Crippen LogP contribution in [0.4, 0.5) is 0 Å². The van der Waals surface area contributed by atoms with Crippen molar-refractivity contribution < 1.29 is 0 Å². The number of rotatable bonds is 0. The van der Waals surface area contributed by atoms with Crippen molar-refractivity contribution in [2.24, 2.45) is 23.7 Å². The number of aromatic amines is 1. The van der Waals surface area contributed by atoms with Crippen LogP contribution in [0.25, 0.3) is 43.6 Å². The van der Waals surface area contributed by atoms with Crippen molar-refractivity contribution >= 4 is 43.6 Å². The van der Waals surface area contributed by atoms with E-state index in [1.54, 1.807) is 16.8 Å². The second-order valence-electron chi connectivity index (χ2n) is 14.8. The fourth-order valence-corrected chi connectivity index (χ4v) is 11.3. The van der Waals surface area contributed by atoms with Crippen LogP contribution in [0, 0.1) is 23.7 Å². The van der Waals surface area contributed by atoms with Crippen LogP contribution < -0.4 is 0 Å². The summed E-state index contributed by atoms with van der Waals surface area (Å²) in [5.74, 6) is 6.59. The highest BCUT2D eigenvalue weighted by Crippen LogP contribution is 2.57. The fraction of sp³-hybridized carbons (Fsp3) is 0.500. The Morgan fingerprint density at radius 3 is 1.85 bits per heavy atom. The minimum Gasteiger partial charge on any atom is -0.356 e. The smallest absolute Gasteiger partial charge is 0.0979 e. The molecule has 8 bridgehead atoms. The Morgan fingerprint density at radius 1 is 0.513 bits per heavy atom. The molecule has 0 aliphatic heterocycles. The summed E-state index contributed by atoms with van der Waals surface area (Å²) in [6, 6.07) is 14.4. The first-order valence-corrected chi connectivity index (χ1v) is 15.9. The maximum atomic E-state index is 5.54. The van der Waals surface area contributed by atoms with Crippen LogP contribution in [0.3, 0.4) is 0 Å². The van der Waals surface area contributed by atoms with Crippen molar-refractivity contribution in [1.29, 1.82) is 0 Å². The molecule has 194 valence electrons. The average molecular weight is 510 g/mol. The second kappa shape index (κ2) is 7.03. The largest absolute Gasteiger partial charge is 0.356 e. The molecule has 8 aliphatic rings. The van der Waals surface area contributed by atoms with Crippen LogP contribution in [0.5, 0.6) is 0 Å². The van der Waals surface area contributed by atoms with E-state index in [0.717, 1.165) is 52.1 Å². The van der Waals surface area contributed by atoms with Crippen LogP contribution in [0.2, 0.25) is 0 Å². The Hall–Kier alpha value is -2.94. The van der Waals surface area contributed by atoms with Crippen LogP contribution in [0.1, 0.15) is 110 Å². The lowest BCUT2D eigenvalue weighted by Crippen LogP contribution is -2.25. The Labute approximate surface area is 228 Å². The highest BCUT2D eigenvalue weighted by Gasteiger charge is 2.44. The maximum absolute atomic E-state index is 5.54. The van der Waals surface area contributed by atoms with Crippen molar-refractivity contribution in [3.63, 3.8) is 0 Å². The molecule has 4 unspecified atom stereocenters. The summed E-state index contributed by atoms with van der Waals surface area (Å²) in [7, 11) is 0. The average Bonchev–Trinajstić information content (AvgIpc) is 3.16. The van der Waals surface area contributed by atoms with E-state index in [2.05, 4.69) is 41.4 Å². The maximum Gasteiger partial charge on any atom is 0.0979 e. The van der Waals surface area contributed by atoms with Gasteiger partial charge < -0.3 is 4.98 Å². The minimum absolute atomic E-state index is 0.662. The van der Waals surface area contributed by atoms with E-state index in [1.165, 1.54) is 97.0 Å². The van der Waals surface area contributed by atoms with E-state index in [0.29, 0.717) is 11.8 Å². The minimum atomic E-state index is 0.662.